The van der Waals surface area contributed by atoms with E-state index in [1.165, 1.54) is 11.1 Å². The molecule has 2 fully saturated rings. The standard InChI is InChI=1S/C32H34N2O5.C28H34N2O4S/c1-2-33(17-18-38-26-7-4-3-5-8-26)20-23-11-13-24(14-12-23)22-39-31-10-6-9-27-28(31)21-34(32(27)37)29-16-15-25(35)19-30(29)36;1-3-29(4-2)14-15-35-19-21-10-8-20(9-11-21)18-34-27-7-5-6-23-24(27)17-30(28(23)33)25-13-12-22(31)16-26(25)32/h3-14,29H,2,15-22H2,1H3;5-11,25H,3-4,12-19H2,1-2H3. The summed E-state index contributed by atoms with van der Waals surface area (Å²) in [6.45, 7) is 14.6. The van der Waals surface area contributed by atoms with Gasteiger partial charge in [0, 0.05) is 66.2 Å². The minimum Gasteiger partial charge on any atom is -0.492 e. The van der Waals surface area contributed by atoms with Crippen LogP contribution in [0.1, 0.15) is 113 Å². The van der Waals surface area contributed by atoms with Crippen molar-refractivity contribution >= 4 is 46.7 Å². The molecule has 9 rings (SSSR count). The van der Waals surface area contributed by atoms with Gasteiger partial charge in [-0.2, -0.15) is 11.8 Å². The molecule has 2 aliphatic heterocycles. The van der Waals surface area contributed by atoms with Crippen LogP contribution in [0, 0.1) is 0 Å². The highest BCUT2D eigenvalue weighted by Gasteiger charge is 2.41. The molecule has 5 aromatic carbocycles. The lowest BCUT2D eigenvalue weighted by Crippen LogP contribution is -2.44. The van der Waals surface area contributed by atoms with Gasteiger partial charge in [0.2, 0.25) is 0 Å². The number of rotatable bonds is 22. The Morgan fingerprint density at radius 3 is 1.50 bits per heavy atom. The van der Waals surface area contributed by atoms with Gasteiger partial charge in [-0.05, 0) is 91.1 Å². The molecule has 0 saturated heterocycles. The summed E-state index contributed by atoms with van der Waals surface area (Å²) in [5.41, 5.74) is 7.42. The number of benzene rings is 5. The maximum Gasteiger partial charge on any atom is 0.255 e. The number of nitrogens with zero attached hydrogens (tertiary/aromatic N) is 4. The van der Waals surface area contributed by atoms with E-state index in [2.05, 4.69) is 79.1 Å². The molecule has 388 valence electrons. The summed E-state index contributed by atoms with van der Waals surface area (Å²) in [5.74, 6) is 3.62. The summed E-state index contributed by atoms with van der Waals surface area (Å²) in [4.78, 5) is 82.1. The monoisotopic (exact) mass is 1020 g/mol. The van der Waals surface area contributed by atoms with Crippen molar-refractivity contribution in [2.45, 2.75) is 110 Å². The Morgan fingerprint density at radius 1 is 0.527 bits per heavy atom. The lowest BCUT2D eigenvalue weighted by Gasteiger charge is -2.29. The zero-order valence-electron chi connectivity index (χ0n) is 42.9. The van der Waals surface area contributed by atoms with Crippen LogP contribution in [0.2, 0.25) is 0 Å². The quantitative estimate of drug-likeness (QED) is 0.0482. The molecule has 5 aromatic rings. The highest BCUT2D eigenvalue weighted by atomic mass is 32.2. The zero-order chi connectivity index (χ0) is 52.0. The van der Waals surface area contributed by atoms with E-state index in [1.807, 2.05) is 66.4 Å². The fourth-order valence-electron chi connectivity index (χ4n) is 9.94. The molecule has 2 heterocycles. The molecule has 0 radical (unpaired) electrons. The molecule has 2 atom stereocenters. The molecule has 0 spiro atoms. The van der Waals surface area contributed by atoms with Crippen LogP contribution in [0.5, 0.6) is 17.2 Å². The number of thioether (sulfide) groups is 1. The van der Waals surface area contributed by atoms with Gasteiger partial charge in [0.25, 0.3) is 11.8 Å². The van der Waals surface area contributed by atoms with E-state index >= 15 is 0 Å². The molecule has 13 nitrogen and oxygen atoms in total. The van der Waals surface area contributed by atoms with Crippen LogP contribution < -0.4 is 14.2 Å². The van der Waals surface area contributed by atoms with Crippen LogP contribution in [0.3, 0.4) is 0 Å². The highest BCUT2D eigenvalue weighted by Crippen LogP contribution is 2.36. The number of hydrogen-bond donors (Lipinski definition) is 0. The number of fused-ring (bicyclic) bond motifs is 2. The Morgan fingerprint density at radius 2 is 1.01 bits per heavy atom. The number of para-hydroxylation sites is 1. The highest BCUT2D eigenvalue weighted by molar-refractivity contribution is 7.98. The fourth-order valence-corrected chi connectivity index (χ4v) is 10.9. The van der Waals surface area contributed by atoms with E-state index in [0.717, 1.165) is 78.8 Å². The topological polar surface area (TPSA) is 143 Å². The average Bonchev–Trinajstić information content (AvgIpc) is 3.94. The Bertz CT molecular complexity index is 2760. The van der Waals surface area contributed by atoms with Crippen molar-refractivity contribution in [2.75, 3.05) is 45.1 Å². The van der Waals surface area contributed by atoms with Crippen LogP contribution in [0.15, 0.2) is 115 Å². The van der Waals surface area contributed by atoms with Gasteiger partial charge in [0.15, 0.2) is 11.6 Å². The SMILES string of the molecule is CCN(CC)CCSCc1ccc(COc2cccc3c2CN(C2CCC(=O)CC2=O)C3=O)cc1.CCN(CCOc1ccccc1)Cc1ccc(COc2cccc3c2CN(C2CCC(=O)CC2=O)C3=O)cc1. The molecule has 0 aromatic heterocycles. The van der Waals surface area contributed by atoms with Gasteiger partial charge in [0.05, 0.1) is 38.0 Å². The van der Waals surface area contributed by atoms with Crippen LogP contribution >= 0.6 is 11.8 Å². The maximum atomic E-state index is 13.1. The molecule has 14 heteroatoms. The molecule has 2 unspecified atom stereocenters. The van der Waals surface area contributed by atoms with Gasteiger partial charge in [-0.1, -0.05) is 99.6 Å². The Hall–Kier alpha value is -6.61. The van der Waals surface area contributed by atoms with Crippen molar-refractivity contribution in [3.63, 3.8) is 0 Å². The van der Waals surface area contributed by atoms with E-state index in [-0.39, 0.29) is 47.8 Å². The summed E-state index contributed by atoms with van der Waals surface area (Å²) in [6, 6.07) is 36.6. The molecule has 0 bridgehead atoms. The van der Waals surface area contributed by atoms with Gasteiger partial charge in [0.1, 0.15) is 48.6 Å². The van der Waals surface area contributed by atoms with E-state index in [1.54, 1.807) is 21.9 Å². The maximum absolute atomic E-state index is 13.1. The summed E-state index contributed by atoms with van der Waals surface area (Å²) < 4.78 is 18.1. The first-order valence-corrected chi connectivity index (χ1v) is 27.2. The van der Waals surface area contributed by atoms with Gasteiger partial charge in [-0.15, -0.1) is 0 Å². The second-order valence-corrected chi connectivity index (χ2v) is 20.3. The van der Waals surface area contributed by atoms with Gasteiger partial charge in [-0.3, -0.25) is 33.7 Å². The number of likely N-dealkylation sites (N-methyl/N-ethyl adjacent to an activating group) is 1. The second-order valence-electron chi connectivity index (χ2n) is 19.2. The number of ketones is 4. The molecular formula is C60H68N4O9S. The van der Waals surface area contributed by atoms with E-state index < -0.39 is 12.1 Å². The molecule has 74 heavy (non-hydrogen) atoms. The summed E-state index contributed by atoms with van der Waals surface area (Å²) in [5, 5.41) is 0. The van der Waals surface area contributed by atoms with Crippen LogP contribution in [-0.4, -0.2) is 112 Å². The molecule has 4 aliphatic rings. The largest absolute Gasteiger partial charge is 0.492 e. The van der Waals surface area contributed by atoms with Crippen LogP contribution in [-0.2, 0) is 57.8 Å². The number of carbonyl (C=O) groups excluding carboxylic acids is 6. The third-order valence-corrected chi connectivity index (χ3v) is 15.4. The number of amides is 2. The molecule has 2 amide bonds. The Kier molecular flexibility index (Phi) is 18.9. The molecule has 0 N–H and O–H groups in total. The van der Waals surface area contributed by atoms with Crippen molar-refractivity contribution in [3.8, 4) is 17.2 Å². The smallest absolute Gasteiger partial charge is 0.255 e. The molecule has 2 aliphatic carbocycles. The number of carbonyl (C=O) groups is 6. The Balaban J connectivity index is 0.000000198. The third-order valence-electron chi connectivity index (χ3n) is 14.4. The van der Waals surface area contributed by atoms with Crippen molar-refractivity contribution in [2.24, 2.45) is 0 Å². The first-order chi connectivity index (χ1) is 36.0. The lowest BCUT2D eigenvalue weighted by molar-refractivity contribution is -0.134. The average molecular weight is 1020 g/mol. The van der Waals surface area contributed by atoms with Crippen LogP contribution in [0.25, 0.3) is 0 Å². The summed E-state index contributed by atoms with van der Waals surface area (Å²) in [7, 11) is 0. The predicted molar refractivity (Wildman–Crippen MR) is 286 cm³/mol. The van der Waals surface area contributed by atoms with Crippen molar-refractivity contribution in [1.82, 2.24) is 19.6 Å². The van der Waals surface area contributed by atoms with Gasteiger partial charge in [-0.25, -0.2) is 0 Å². The number of Topliss-reactive ketones (excluding diaryl/α,β-unsaturated/α-hetero) is 4. The van der Waals surface area contributed by atoms with E-state index in [9.17, 15) is 28.8 Å². The van der Waals surface area contributed by atoms with Gasteiger partial charge >= 0.3 is 0 Å². The van der Waals surface area contributed by atoms with Crippen molar-refractivity contribution in [3.05, 3.63) is 160 Å². The fraction of sp³-hybridized carbons (Fsp3) is 0.400. The number of ether oxygens (including phenoxy) is 3. The van der Waals surface area contributed by atoms with E-state index in [4.69, 9.17) is 14.2 Å². The predicted octanol–water partition coefficient (Wildman–Crippen LogP) is 9.30. The summed E-state index contributed by atoms with van der Waals surface area (Å²) in [6.07, 6.45) is 1.35. The zero-order valence-corrected chi connectivity index (χ0v) is 43.7. The molecule has 2 saturated carbocycles. The summed E-state index contributed by atoms with van der Waals surface area (Å²) >= 11 is 1.96. The minimum absolute atomic E-state index is 0.0383. The third kappa shape index (κ3) is 13.8. The normalized spacial score (nSPS) is 17.4. The minimum atomic E-state index is -0.532. The van der Waals surface area contributed by atoms with Crippen molar-refractivity contribution < 1.29 is 43.0 Å². The van der Waals surface area contributed by atoms with Crippen LogP contribution in [0.4, 0.5) is 0 Å². The second kappa shape index (κ2) is 26.0. The molecular weight excluding hydrogens is 953 g/mol. The Labute approximate surface area is 439 Å². The first kappa shape index (κ1) is 53.7. The van der Waals surface area contributed by atoms with Gasteiger partial charge < -0.3 is 28.9 Å². The first-order valence-electron chi connectivity index (χ1n) is 26.1. The lowest BCUT2D eigenvalue weighted by atomic mass is 9.92. The van der Waals surface area contributed by atoms with Crippen molar-refractivity contribution in [1.29, 1.82) is 0 Å². The number of hydrogen-bond acceptors (Lipinski definition) is 12. The van der Waals surface area contributed by atoms with E-state index in [0.29, 0.717) is 81.2 Å².